The Bertz CT molecular complexity index is 2000. The van der Waals surface area contributed by atoms with E-state index < -0.39 is 29.8 Å². The van der Waals surface area contributed by atoms with Crippen LogP contribution in [-0.2, 0) is 17.8 Å². The summed E-state index contributed by atoms with van der Waals surface area (Å²) in [6.45, 7) is 3.42. The van der Waals surface area contributed by atoms with Gasteiger partial charge in [0.25, 0.3) is 11.8 Å². The number of carbonyl (C=O) groups excluding carboxylic acids is 3. The smallest absolute Gasteiger partial charge is 0.335 e. The van der Waals surface area contributed by atoms with Crippen molar-refractivity contribution in [3.63, 3.8) is 0 Å². The molecule has 4 fully saturated rings. The summed E-state index contributed by atoms with van der Waals surface area (Å²) in [5.74, 6) is -2.14. The molecule has 8 rings (SSSR count). The fraction of sp³-hybridized carbons (Fsp3) is 0.405. The lowest BCUT2D eigenvalue weighted by molar-refractivity contribution is -0.118. The molecule has 4 saturated carbocycles. The standard InChI is InChI=1S/C42H46N4O7/c1-2-3-10-46-11-9-29-19-33(37(47)43-24-42-21-26-12-27(22-42)14-28(13-26)23-42)34(20-36(29)46)38(48)45-35(15-25-7-5-4-6-8-25)39(49)44-32-17-30(40(50)51)16-31(18-32)41(52)53/h4-9,11,16-20,26-28,35H,2-3,10,12-15,21-24H2,1H3,(H,43,47)(H,44,49)(H,45,48)(H,50,51)(H,52,53)/t26?,27?,28?,35-,42?/m0/s1. The van der Waals surface area contributed by atoms with Gasteiger partial charge < -0.3 is 30.7 Å². The zero-order chi connectivity index (χ0) is 37.3. The molecule has 0 aliphatic heterocycles. The van der Waals surface area contributed by atoms with Gasteiger partial charge in [-0.25, -0.2) is 9.59 Å². The van der Waals surface area contributed by atoms with E-state index in [0.717, 1.165) is 78.9 Å². The predicted molar refractivity (Wildman–Crippen MR) is 200 cm³/mol. The molecule has 3 aromatic carbocycles. The Hall–Kier alpha value is -5.45. The number of nitrogens with one attached hydrogen (secondary N) is 3. The summed E-state index contributed by atoms with van der Waals surface area (Å²) in [5, 5.41) is 28.7. The number of rotatable bonds is 14. The first-order chi connectivity index (χ1) is 25.5. The molecule has 4 aromatic rings. The van der Waals surface area contributed by atoms with Crippen molar-refractivity contribution in [2.24, 2.45) is 23.2 Å². The van der Waals surface area contributed by atoms with E-state index in [1.165, 1.54) is 31.4 Å². The first-order valence-electron chi connectivity index (χ1n) is 18.7. The van der Waals surface area contributed by atoms with E-state index in [1.54, 1.807) is 12.1 Å². The van der Waals surface area contributed by atoms with Gasteiger partial charge in [0, 0.05) is 42.3 Å². The number of hydrogen-bond acceptors (Lipinski definition) is 5. The largest absolute Gasteiger partial charge is 0.478 e. The molecule has 276 valence electrons. The number of nitrogens with zero attached hydrogens (tertiary/aromatic N) is 1. The second-order valence-corrected chi connectivity index (χ2v) is 15.5. The van der Waals surface area contributed by atoms with E-state index in [0.29, 0.717) is 6.54 Å². The summed E-state index contributed by atoms with van der Waals surface area (Å²) in [6, 6.07) is 16.7. The van der Waals surface area contributed by atoms with Crippen LogP contribution in [0.5, 0.6) is 0 Å². The average Bonchev–Trinajstić information content (AvgIpc) is 3.53. The van der Waals surface area contributed by atoms with Gasteiger partial charge in [-0.1, -0.05) is 43.7 Å². The highest BCUT2D eigenvalue weighted by Crippen LogP contribution is 2.59. The van der Waals surface area contributed by atoms with Crippen LogP contribution in [0.2, 0.25) is 0 Å². The number of unbranched alkanes of at least 4 members (excludes halogenated alkanes) is 1. The second-order valence-electron chi connectivity index (χ2n) is 15.5. The van der Waals surface area contributed by atoms with E-state index in [4.69, 9.17) is 0 Å². The fourth-order valence-corrected chi connectivity index (χ4v) is 9.48. The lowest BCUT2D eigenvalue weighted by atomic mass is 9.49. The lowest BCUT2D eigenvalue weighted by Crippen LogP contribution is -2.51. The minimum atomic E-state index is -1.36. The van der Waals surface area contributed by atoms with Crippen molar-refractivity contribution < 1.29 is 34.2 Å². The van der Waals surface area contributed by atoms with E-state index in [1.807, 2.05) is 42.6 Å². The van der Waals surface area contributed by atoms with Gasteiger partial charge >= 0.3 is 11.9 Å². The topological polar surface area (TPSA) is 167 Å². The van der Waals surface area contributed by atoms with Crippen molar-refractivity contribution in [2.75, 3.05) is 11.9 Å². The summed E-state index contributed by atoms with van der Waals surface area (Å²) in [5.41, 5.74) is 1.35. The maximum atomic E-state index is 14.4. The first kappa shape index (κ1) is 35.9. The Morgan fingerprint density at radius 2 is 1.43 bits per heavy atom. The maximum absolute atomic E-state index is 14.4. The molecule has 4 aliphatic rings. The molecule has 5 N–H and O–H groups in total. The second kappa shape index (κ2) is 14.9. The van der Waals surface area contributed by atoms with E-state index in [9.17, 15) is 34.2 Å². The van der Waals surface area contributed by atoms with Crippen molar-refractivity contribution in [3.05, 3.63) is 101 Å². The molecule has 1 aromatic heterocycles. The molecule has 11 nitrogen and oxygen atoms in total. The van der Waals surface area contributed by atoms with E-state index >= 15 is 0 Å². The van der Waals surface area contributed by atoms with Crippen LogP contribution in [0.25, 0.3) is 10.9 Å². The molecule has 0 saturated heterocycles. The predicted octanol–water partition coefficient (Wildman–Crippen LogP) is 6.76. The first-order valence-corrected chi connectivity index (χ1v) is 18.7. The van der Waals surface area contributed by atoms with Crippen LogP contribution in [0.15, 0.2) is 72.9 Å². The highest BCUT2D eigenvalue weighted by atomic mass is 16.4. The minimum absolute atomic E-state index is 0.0421. The number of carbonyl (C=O) groups is 5. The van der Waals surface area contributed by atoms with Gasteiger partial charge in [-0.2, -0.15) is 0 Å². The molecule has 0 radical (unpaired) electrons. The van der Waals surface area contributed by atoms with Crippen molar-refractivity contribution >= 4 is 46.3 Å². The number of aryl methyl sites for hydroxylation is 1. The van der Waals surface area contributed by atoms with Gasteiger partial charge in [0.15, 0.2) is 0 Å². The van der Waals surface area contributed by atoms with Gasteiger partial charge in [-0.05, 0) is 110 Å². The Morgan fingerprint density at radius 1 is 0.811 bits per heavy atom. The average molecular weight is 719 g/mol. The van der Waals surface area contributed by atoms with Crippen molar-refractivity contribution in [1.82, 2.24) is 15.2 Å². The molecule has 0 spiro atoms. The fourth-order valence-electron chi connectivity index (χ4n) is 9.48. The van der Waals surface area contributed by atoms with Crippen LogP contribution in [0, 0.1) is 23.2 Å². The van der Waals surface area contributed by atoms with Crippen LogP contribution in [-0.4, -0.2) is 57.0 Å². The molecule has 1 heterocycles. The Kier molecular flexibility index (Phi) is 10.1. The molecule has 0 unspecified atom stereocenters. The van der Waals surface area contributed by atoms with Crippen molar-refractivity contribution in [2.45, 2.75) is 77.3 Å². The summed E-state index contributed by atoms with van der Waals surface area (Å²) >= 11 is 0. The van der Waals surface area contributed by atoms with Crippen LogP contribution in [0.1, 0.15) is 105 Å². The Morgan fingerprint density at radius 3 is 2.04 bits per heavy atom. The SMILES string of the molecule is CCCCn1ccc2cc(C(=O)NCC34CC5CC(CC(C5)C3)C4)c(C(=O)N[C@@H](Cc3ccccc3)C(=O)Nc3cc(C(=O)O)cc(C(=O)O)c3)cc21. The molecule has 53 heavy (non-hydrogen) atoms. The minimum Gasteiger partial charge on any atom is -0.478 e. The molecule has 4 aliphatic carbocycles. The van der Waals surface area contributed by atoms with E-state index in [2.05, 4.69) is 27.4 Å². The zero-order valence-electron chi connectivity index (χ0n) is 29.9. The quantitative estimate of drug-likeness (QED) is 0.0960. The number of carboxylic acid groups (broad SMARTS) is 2. The van der Waals surface area contributed by atoms with Gasteiger partial charge in [-0.15, -0.1) is 0 Å². The molecular weight excluding hydrogens is 672 g/mol. The van der Waals surface area contributed by atoms with Crippen LogP contribution in [0.4, 0.5) is 5.69 Å². The third-order valence-electron chi connectivity index (χ3n) is 11.5. The number of benzene rings is 3. The van der Waals surface area contributed by atoms with Gasteiger partial charge in [-0.3, -0.25) is 14.4 Å². The Labute approximate surface area is 308 Å². The molecule has 4 bridgehead atoms. The summed E-state index contributed by atoms with van der Waals surface area (Å²) in [7, 11) is 0. The van der Waals surface area contributed by atoms with Crippen molar-refractivity contribution in [3.8, 4) is 0 Å². The normalized spacial score (nSPS) is 21.9. The number of amides is 3. The van der Waals surface area contributed by atoms with Gasteiger partial charge in [0.1, 0.15) is 6.04 Å². The number of fused-ring (bicyclic) bond motifs is 1. The third kappa shape index (κ3) is 7.84. The van der Waals surface area contributed by atoms with Crippen molar-refractivity contribution in [1.29, 1.82) is 0 Å². The van der Waals surface area contributed by atoms with Gasteiger partial charge in [0.2, 0.25) is 5.91 Å². The Balaban J connectivity index is 1.19. The zero-order valence-corrected chi connectivity index (χ0v) is 29.9. The summed E-state index contributed by atoms with van der Waals surface area (Å²) in [4.78, 5) is 65.9. The number of aromatic carboxylic acids is 2. The van der Waals surface area contributed by atoms with E-state index in [-0.39, 0.29) is 45.7 Å². The highest BCUT2D eigenvalue weighted by Gasteiger charge is 2.50. The van der Waals surface area contributed by atoms with Crippen LogP contribution < -0.4 is 16.0 Å². The molecule has 11 heteroatoms. The third-order valence-corrected chi connectivity index (χ3v) is 11.5. The molecule has 3 amide bonds. The molecule has 1 atom stereocenters. The van der Waals surface area contributed by atoms with Crippen LogP contribution in [0.3, 0.4) is 0 Å². The molecular formula is C42H46N4O7. The maximum Gasteiger partial charge on any atom is 0.335 e. The summed E-state index contributed by atoms with van der Waals surface area (Å²) in [6.07, 6.45) is 11.2. The number of aromatic nitrogens is 1. The van der Waals surface area contributed by atoms with Gasteiger partial charge in [0.05, 0.1) is 22.3 Å². The highest BCUT2D eigenvalue weighted by molar-refractivity contribution is 6.11. The van der Waals surface area contributed by atoms with Crippen LogP contribution >= 0.6 is 0 Å². The number of hydrogen-bond donors (Lipinski definition) is 5. The monoisotopic (exact) mass is 718 g/mol. The summed E-state index contributed by atoms with van der Waals surface area (Å²) < 4.78 is 2.07. The lowest BCUT2D eigenvalue weighted by Gasteiger charge is -2.56. The number of carboxylic acids is 2. The number of anilines is 1.